The largest absolute Gasteiger partial charge is 0.573 e. The Hall–Kier alpha value is -4.65. The summed E-state index contributed by atoms with van der Waals surface area (Å²) in [7, 11) is -3.47. The van der Waals surface area contributed by atoms with Crippen LogP contribution in [-0.4, -0.2) is 46.8 Å². The Balaban J connectivity index is 1.80. The lowest BCUT2D eigenvalue weighted by molar-refractivity contribution is -0.274. The molecule has 0 aliphatic carbocycles. The monoisotopic (exact) mass is 571 g/mol. The second kappa shape index (κ2) is 9.52. The SMILES string of the molecule is Cc1noc(C)c1-c1cnc2c(c1)c(-c1ccc(C(=O)O)cc1OC(F)(F)F)cn2-c1ccc(S(C)(=O)=O)cc1. The van der Waals surface area contributed by atoms with Crippen molar-refractivity contribution in [3.05, 3.63) is 77.9 Å². The number of carboxylic acids is 1. The van der Waals surface area contributed by atoms with Gasteiger partial charge in [0.25, 0.3) is 0 Å². The minimum absolute atomic E-state index is 0.0310. The highest BCUT2D eigenvalue weighted by atomic mass is 32.2. The van der Waals surface area contributed by atoms with Crippen molar-refractivity contribution in [3.8, 4) is 33.7 Å². The number of carboxylic acid groups (broad SMARTS) is 1. The van der Waals surface area contributed by atoms with E-state index in [2.05, 4.69) is 14.9 Å². The number of aryl methyl sites for hydroxylation is 2. The van der Waals surface area contributed by atoms with Crippen LogP contribution in [-0.2, 0) is 9.84 Å². The number of benzene rings is 2. The number of sulfone groups is 1. The zero-order chi connectivity index (χ0) is 29.0. The van der Waals surface area contributed by atoms with Gasteiger partial charge in [0.05, 0.1) is 16.2 Å². The summed E-state index contributed by atoms with van der Waals surface area (Å²) < 4.78 is 75.1. The van der Waals surface area contributed by atoms with E-state index in [1.165, 1.54) is 30.5 Å². The van der Waals surface area contributed by atoms with Gasteiger partial charge in [0.15, 0.2) is 9.84 Å². The highest BCUT2D eigenvalue weighted by Crippen LogP contribution is 2.41. The number of hydrogen-bond donors (Lipinski definition) is 1. The van der Waals surface area contributed by atoms with E-state index in [1.807, 2.05) is 0 Å². The van der Waals surface area contributed by atoms with Crippen LogP contribution < -0.4 is 4.74 Å². The second-order valence-corrected chi connectivity index (χ2v) is 11.1. The van der Waals surface area contributed by atoms with E-state index in [0.29, 0.717) is 39.3 Å². The average Bonchev–Trinajstić information content (AvgIpc) is 3.41. The smallest absolute Gasteiger partial charge is 0.478 e. The molecule has 0 saturated heterocycles. The van der Waals surface area contributed by atoms with Crippen molar-refractivity contribution < 1.29 is 40.8 Å². The summed E-state index contributed by atoms with van der Waals surface area (Å²) in [6, 6.07) is 10.8. The van der Waals surface area contributed by atoms with Crippen LogP contribution in [0.15, 0.2) is 70.3 Å². The summed E-state index contributed by atoms with van der Waals surface area (Å²) >= 11 is 0. The fourth-order valence-corrected chi connectivity index (χ4v) is 5.12. The third kappa shape index (κ3) is 5.02. The molecule has 13 heteroatoms. The second-order valence-electron chi connectivity index (χ2n) is 9.04. The lowest BCUT2D eigenvalue weighted by Gasteiger charge is -2.14. The molecule has 0 fully saturated rings. The van der Waals surface area contributed by atoms with Crippen molar-refractivity contribution in [2.24, 2.45) is 0 Å². The fourth-order valence-electron chi connectivity index (χ4n) is 4.49. The van der Waals surface area contributed by atoms with Crippen LogP contribution in [0.25, 0.3) is 39.0 Å². The van der Waals surface area contributed by atoms with Crippen LogP contribution in [0.1, 0.15) is 21.8 Å². The lowest BCUT2D eigenvalue weighted by Crippen LogP contribution is -2.18. The van der Waals surface area contributed by atoms with E-state index < -0.39 is 33.5 Å². The van der Waals surface area contributed by atoms with E-state index in [4.69, 9.17) is 4.52 Å². The lowest BCUT2D eigenvalue weighted by atomic mass is 10.00. The van der Waals surface area contributed by atoms with Gasteiger partial charge in [-0.15, -0.1) is 13.2 Å². The number of pyridine rings is 1. The van der Waals surface area contributed by atoms with Gasteiger partial charge in [-0.1, -0.05) is 5.16 Å². The summed E-state index contributed by atoms with van der Waals surface area (Å²) in [6.45, 7) is 3.46. The summed E-state index contributed by atoms with van der Waals surface area (Å²) in [5.74, 6) is -1.61. The molecule has 3 aromatic heterocycles. The molecule has 0 aliphatic rings. The highest BCUT2D eigenvalue weighted by Gasteiger charge is 2.33. The molecule has 0 saturated carbocycles. The Morgan fingerprint density at radius 3 is 2.33 bits per heavy atom. The van der Waals surface area contributed by atoms with Crippen molar-refractivity contribution in [2.75, 3.05) is 6.26 Å². The summed E-state index contributed by atoms with van der Waals surface area (Å²) in [4.78, 5) is 16.2. The molecular weight excluding hydrogens is 551 g/mol. The Bertz CT molecular complexity index is 1870. The number of ether oxygens (including phenoxy) is 1. The molecule has 5 rings (SSSR count). The quantitative estimate of drug-likeness (QED) is 0.265. The third-order valence-corrected chi connectivity index (χ3v) is 7.38. The minimum atomic E-state index is -5.09. The number of aromatic nitrogens is 3. The van der Waals surface area contributed by atoms with Crippen molar-refractivity contribution in [2.45, 2.75) is 25.1 Å². The first kappa shape index (κ1) is 26.9. The third-order valence-electron chi connectivity index (χ3n) is 6.25. The molecule has 0 atom stereocenters. The number of nitrogens with zero attached hydrogens (tertiary/aromatic N) is 3. The summed E-state index contributed by atoms with van der Waals surface area (Å²) in [5, 5.41) is 13.7. The molecule has 0 spiro atoms. The molecule has 2 aromatic carbocycles. The van der Waals surface area contributed by atoms with Crippen LogP contribution in [0.4, 0.5) is 13.2 Å². The van der Waals surface area contributed by atoms with Crippen molar-refractivity contribution in [1.82, 2.24) is 14.7 Å². The van der Waals surface area contributed by atoms with Gasteiger partial charge in [-0.25, -0.2) is 18.2 Å². The van der Waals surface area contributed by atoms with E-state index >= 15 is 0 Å². The van der Waals surface area contributed by atoms with E-state index in [0.717, 1.165) is 12.3 Å². The van der Waals surface area contributed by atoms with Crippen LogP contribution in [0.5, 0.6) is 5.75 Å². The molecule has 3 heterocycles. The molecule has 0 unspecified atom stereocenters. The van der Waals surface area contributed by atoms with Gasteiger partial charge in [0.1, 0.15) is 17.2 Å². The molecule has 0 aliphatic heterocycles. The number of hydrogen-bond acceptors (Lipinski definition) is 7. The maximum Gasteiger partial charge on any atom is 0.573 e. The van der Waals surface area contributed by atoms with Crippen LogP contribution in [0.3, 0.4) is 0 Å². The molecule has 0 amide bonds. The van der Waals surface area contributed by atoms with Gasteiger partial charge in [0, 0.05) is 52.0 Å². The number of carbonyl (C=O) groups is 1. The highest BCUT2D eigenvalue weighted by molar-refractivity contribution is 7.90. The van der Waals surface area contributed by atoms with E-state index in [1.54, 1.807) is 42.8 Å². The molecule has 206 valence electrons. The van der Waals surface area contributed by atoms with Crippen LogP contribution in [0, 0.1) is 13.8 Å². The summed E-state index contributed by atoms with van der Waals surface area (Å²) in [5.41, 5.74) is 2.52. The Morgan fingerprint density at radius 1 is 1.05 bits per heavy atom. The van der Waals surface area contributed by atoms with E-state index in [-0.39, 0.29) is 16.0 Å². The van der Waals surface area contributed by atoms with Crippen molar-refractivity contribution in [1.29, 1.82) is 0 Å². The predicted octanol–water partition coefficient (Wildman–Crippen LogP) is 5.96. The van der Waals surface area contributed by atoms with Crippen molar-refractivity contribution >= 4 is 26.8 Å². The van der Waals surface area contributed by atoms with Gasteiger partial charge in [-0.2, -0.15) is 0 Å². The number of rotatable bonds is 6. The van der Waals surface area contributed by atoms with Gasteiger partial charge >= 0.3 is 12.3 Å². The standard InChI is InChI=1S/C27H20F3N3O6S/c1-14-24(15(2)39-32-14)17-10-21-22(20-9-4-16(26(34)35)11-23(20)38-27(28,29)30)13-33(25(21)31-12-17)18-5-7-19(8-6-18)40(3,36)37/h4-13H,1-3H3,(H,34,35). The topological polar surface area (TPSA) is 125 Å². The molecule has 1 N–H and O–H groups in total. The van der Waals surface area contributed by atoms with Gasteiger partial charge in [-0.05, 0) is 62.4 Å². The van der Waals surface area contributed by atoms with Crippen LogP contribution in [0.2, 0.25) is 0 Å². The maximum atomic E-state index is 13.4. The minimum Gasteiger partial charge on any atom is -0.478 e. The number of fused-ring (bicyclic) bond motifs is 1. The number of aromatic carboxylic acids is 1. The molecule has 0 bridgehead atoms. The number of alkyl halides is 3. The molecule has 5 aromatic rings. The zero-order valence-electron chi connectivity index (χ0n) is 21.1. The van der Waals surface area contributed by atoms with Gasteiger partial charge in [0.2, 0.25) is 0 Å². The van der Waals surface area contributed by atoms with Gasteiger partial charge in [-0.3, -0.25) is 0 Å². The van der Waals surface area contributed by atoms with E-state index in [9.17, 15) is 31.5 Å². The Labute approximate surface area is 225 Å². The first-order chi connectivity index (χ1) is 18.7. The number of halogens is 3. The Kier molecular flexibility index (Phi) is 6.41. The van der Waals surface area contributed by atoms with Gasteiger partial charge < -0.3 is 18.9 Å². The first-order valence-corrected chi connectivity index (χ1v) is 13.5. The van der Waals surface area contributed by atoms with Crippen LogP contribution >= 0.6 is 0 Å². The normalized spacial score (nSPS) is 12.2. The molecule has 0 radical (unpaired) electrons. The average molecular weight is 572 g/mol. The summed E-state index contributed by atoms with van der Waals surface area (Å²) in [6.07, 6.45) is -0.915. The fraction of sp³-hybridized carbons (Fsp3) is 0.148. The molecule has 40 heavy (non-hydrogen) atoms. The molecule has 9 nitrogen and oxygen atoms in total. The zero-order valence-corrected chi connectivity index (χ0v) is 22.0. The first-order valence-electron chi connectivity index (χ1n) is 11.6. The Morgan fingerprint density at radius 2 is 1.75 bits per heavy atom. The molecular formula is C27H20F3N3O6S. The predicted molar refractivity (Wildman–Crippen MR) is 138 cm³/mol. The maximum absolute atomic E-state index is 13.4. The van der Waals surface area contributed by atoms with Crippen molar-refractivity contribution in [3.63, 3.8) is 0 Å².